The first kappa shape index (κ1) is 11.9. The van der Waals surface area contributed by atoms with Crippen LogP contribution in [0.1, 0.15) is 21.6 Å². The average Bonchev–Trinajstić information content (AvgIpc) is 2.37. The number of hydrogen-bond donors (Lipinski definition) is 2. The fourth-order valence-electron chi connectivity index (χ4n) is 1.50. The summed E-state index contributed by atoms with van der Waals surface area (Å²) in [6.45, 7) is 0. The maximum Gasteiger partial charge on any atom is 0.341 e. The van der Waals surface area contributed by atoms with Crippen molar-refractivity contribution in [2.75, 3.05) is 0 Å². The van der Waals surface area contributed by atoms with Crippen LogP contribution in [0.5, 0.6) is 0 Å². The first-order valence-corrected chi connectivity index (χ1v) is 5.36. The van der Waals surface area contributed by atoms with Gasteiger partial charge in [0.2, 0.25) is 0 Å². The smallest absolute Gasteiger partial charge is 0.341 e. The van der Waals surface area contributed by atoms with Gasteiger partial charge in [0, 0.05) is 5.69 Å². The van der Waals surface area contributed by atoms with Gasteiger partial charge < -0.3 is 10.1 Å². The summed E-state index contributed by atoms with van der Waals surface area (Å²) in [6, 6.07) is 12.5. The minimum atomic E-state index is -1.23. The fraction of sp³-hybridized carbons (Fsp3) is 0. The van der Waals surface area contributed by atoms with Crippen molar-refractivity contribution in [2.24, 2.45) is 0 Å². The van der Waals surface area contributed by atoms with Gasteiger partial charge in [0.05, 0.1) is 0 Å². The van der Waals surface area contributed by atoms with Crippen LogP contribution in [0.4, 0.5) is 0 Å². The van der Waals surface area contributed by atoms with Crippen LogP contribution in [0.25, 0.3) is 12.2 Å². The van der Waals surface area contributed by atoms with Crippen LogP contribution in [-0.4, -0.2) is 16.1 Å². The van der Waals surface area contributed by atoms with E-state index in [2.05, 4.69) is 4.98 Å². The summed E-state index contributed by atoms with van der Waals surface area (Å²) in [5, 5.41) is 8.73. The van der Waals surface area contributed by atoms with E-state index in [1.807, 2.05) is 36.4 Å². The van der Waals surface area contributed by atoms with E-state index in [9.17, 15) is 9.59 Å². The van der Waals surface area contributed by atoms with Gasteiger partial charge in [0.15, 0.2) is 0 Å². The highest BCUT2D eigenvalue weighted by Crippen LogP contribution is 2.05. The first-order valence-electron chi connectivity index (χ1n) is 5.36. The summed E-state index contributed by atoms with van der Waals surface area (Å²) in [5.74, 6) is -1.23. The summed E-state index contributed by atoms with van der Waals surface area (Å²) >= 11 is 0. The Bertz CT molecular complexity index is 642. The Balaban J connectivity index is 2.26. The SMILES string of the molecule is O=C(O)c1ccc(/C=C/c2ccccc2)[nH]c1=O. The molecular weight excluding hydrogens is 230 g/mol. The molecule has 0 saturated heterocycles. The minimum Gasteiger partial charge on any atom is -0.477 e. The standard InChI is InChI=1S/C14H11NO3/c16-13-12(14(17)18)9-8-11(15-13)7-6-10-4-2-1-3-5-10/h1-9H,(H,15,16)(H,17,18)/b7-6+. The molecule has 4 nitrogen and oxygen atoms in total. The number of aromatic carboxylic acids is 1. The van der Waals surface area contributed by atoms with Gasteiger partial charge in [-0.2, -0.15) is 0 Å². The molecule has 0 radical (unpaired) electrons. The van der Waals surface area contributed by atoms with Crippen LogP contribution in [0.3, 0.4) is 0 Å². The zero-order valence-electron chi connectivity index (χ0n) is 9.46. The summed E-state index contributed by atoms with van der Waals surface area (Å²) in [6.07, 6.45) is 3.56. The van der Waals surface area contributed by atoms with Crippen LogP contribution in [0.15, 0.2) is 47.3 Å². The fourth-order valence-corrected chi connectivity index (χ4v) is 1.50. The number of H-pyrrole nitrogens is 1. The van der Waals surface area contributed by atoms with E-state index < -0.39 is 11.5 Å². The number of rotatable bonds is 3. The second kappa shape index (κ2) is 5.14. The van der Waals surface area contributed by atoms with Gasteiger partial charge in [-0.25, -0.2) is 4.79 Å². The number of aromatic nitrogens is 1. The molecule has 0 fully saturated rings. The maximum absolute atomic E-state index is 11.4. The molecule has 2 aromatic rings. The molecule has 0 aliphatic rings. The number of carboxylic acids is 1. The molecule has 0 saturated carbocycles. The Morgan fingerprint density at radius 1 is 1.06 bits per heavy atom. The van der Waals surface area contributed by atoms with Crippen LogP contribution in [-0.2, 0) is 0 Å². The van der Waals surface area contributed by atoms with Crippen molar-refractivity contribution < 1.29 is 9.90 Å². The average molecular weight is 241 g/mol. The van der Waals surface area contributed by atoms with Gasteiger partial charge in [-0.15, -0.1) is 0 Å². The molecule has 2 rings (SSSR count). The van der Waals surface area contributed by atoms with E-state index in [4.69, 9.17) is 5.11 Å². The number of pyridine rings is 1. The molecule has 1 aromatic heterocycles. The zero-order chi connectivity index (χ0) is 13.0. The van der Waals surface area contributed by atoms with Crippen LogP contribution >= 0.6 is 0 Å². The third-order valence-electron chi connectivity index (χ3n) is 2.42. The van der Waals surface area contributed by atoms with Crippen molar-refractivity contribution in [3.63, 3.8) is 0 Å². The Labute approximate surface area is 103 Å². The summed E-state index contributed by atoms with van der Waals surface area (Å²) < 4.78 is 0. The molecule has 0 aliphatic heterocycles. The lowest BCUT2D eigenvalue weighted by atomic mass is 10.2. The van der Waals surface area contributed by atoms with E-state index in [-0.39, 0.29) is 5.56 Å². The highest BCUT2D eigenvalue weighted by atomic mass is 16.4. The quantitative estimate of drug-likeness (QED) is 0.865. The molecule has 0 unspecified atom stereocenters. The van der Waals surface area contributed by atoms with Gasteiger partial charge in [0.1, 0.15) is 5.56 Å². The van der Waals surface area contributed by atoms with Crippen LogP contribution in [0.2, 0.25) is 0 Å². The number of hydrogen-bond acceptors (Lipinski definition) is 2. The zero-order valence-corrected chi connectivity index (χ0v) is 9.46. The third-order valence-corrected chi connectivity index (χ3v) is 2.42. The molecule has 4 heteroatoms. The molecule has 1 aromatic carbocycles. The molecule has 2 N–H and O–H groups in total. The van der Waals surface area contributed by atoms with E-state index >= 15 is 0 Å². The summed E-state index contributed by atoms with van der Waals surface area (Å²) in [7, 11) is 0. The molecular formula is C14H11NO3. The topological polar surface area (TPSA) is 70.2 Å². The number of benzene rings is 1. The van der Waals surface area contributed by atoms with Crippen molar-refractivity contribution in [3.8, 4) is 0 Å². The maximum atomic E-state index is 11.4. The summed E-state index contributed by atoms with van der Waals surface area (Å²) in [5.41, 5.74) is 0.707. The molecule has 90 valence electrons. The number of carboxylic acid groups (broad SMARTS) is 1. The minimum absolute atomic E-state index is 0.258. The van der Waals surface area contributed by atoms with E-state index in [1.54, 1.807) is 12.1 Å². The molecule has 0 bridgehead atoms. The van der Waals surface area contributed by atoms with Crippen molar-refractivity contribution in [1.82, 2.24) is 4.98 Å². The monoisotopic (exact) mass is 241 g/mol. The molecule has 0 atom stereocenters. The van der Waals surface area contributed by atoms with Gasteiger partial charge >= 0.3 is 5.97 Å². The van der Waals surface area contributed by atoms with E-state index in [0.29, 0.717) is 5.69 Å². The normalized spacial score (nSPS) is 10.7. The molecule has 1 heterocycles. The predicted octanol–water partition coefficient (Wildman–Crippen LogP) is 2.24. The van der Waals surface area contributed by atoms with Gasteiger partial charge in [-0.05, 0) is 23.8 Å². The van der Waals surface area contributed by atoms with Gasteiger partial charge in [-0.1, -0.05) is 36.4 Å². The molecule has 0 spiro atoms. The van der Waals surface area contributed by atoms with Crippen molar-refractivity contribution >= 4 is 18.1 Å². The molecule has 0 aliphatic carbocycles. The Hall–Kier alpha value is -2.62. The summed E-state index contributed by atoms with van der Waals surface area (Å²) in [4.78, 5) is 24.6. The van der Waals surface area contributed by atoms with Crippen LogP contribution in [0, 0.1) is 0 Å². The number of nitrogens with one attached hydrogen (secondary N) is 1. The van der Waals surface area contributed by atoms with E-state index in [0.717, 1.165) is 5.56 Å². The Kier molecular flexibility index (Phi) is 3.38. The first-order chi connectivity index (χ1) is 8.66. The van der Waals surface area contributed by atoms with Gasteiger partial charge in [-0.3, -0.25) is 4.79 Å². The lowest BCUT2D eigenvalue weighted by molar-refractivity contribution is 0.0695. The Morgan fingerprint density at radius 3 is 2.39 bits per heavy atom. The number of aromatic amines is 1. The second-order valence-electron chi connectivity index (χ2n) is 3.71. The van der Waals surface area contributed by atoms with Crippen molar-refractivity contribution in [2.45, 2.75) is 0 Å². The van der Waals surface area contributed by atoms with Crippen molar-refractivity contribution in [1.29, 1.82) is 0 Å². The molecule has 18 heavy (non-hydrogen) atoms. The predicted molar refractivity (Wildman–Crippen MR) is 69.4 cm³/mol. The third kappa shape index (κ3) is 2.74. The lowest BCUT2D eigenvalue weighted by Crippen LogP contribution is -2.17. The van der Waals surface area contributed by atoms with Crippen LogP contribution < -0.4 is 5.56 Å². The van der Waals surface area contributed by atoms with Crippen molar-refractivity contribution in [3.05, 3.63) is 69.6 Å². The van der Waals surface area contributed by atoms with Gasteiger partial charge in [0.25, 0.3) is 5.56 Å². The van der Waals surface area contributed by atoms with E-state index in [1.165, 1.54) is 6.07 Å². The largest absolute Gasteiger partial charge is 0.477 e. The molecule has 0 amide bonds. The Morgan fingerprint density at radius 2 is 1.78 bits per heavy atom. The highest BCUT2D eigenvalue weighted by Gasteiger charge is 2.07. The lowest BCUT2D eigenvalue weighted by Gasteiger charge is -1.96. The number of carbonyl (C=O) groups is 1. The highest BCUT2D eigenvalue weighted by molar-refractivity contribution is 5.87. The second-order valence-corrected chi connectivity index (χ2v) is 3.71.